The van der Waals surface area contributed by atoms with Crippen molar-refractivity contribution >= 4 is 33.6 Å². The molecule has 168 valence electrons. The summed E-state index contributed by atoms with van der Waals surface area (Å²) >= 11 is 3.37. The molecule has 1 atom stereocenters. The zero-order valence-corrected chi connectivity index (χ0v) is 19.7. The number of carbonyl (C=O) groups excluding carboxylic acids is 1. The summed E-state index contributed by atoms with van der Waals surface area (Å²) in [6.45, 7) is 1.82. The summed E-state index contributed by atoms with van der Waals surface area (Å²) in [4.78, 5) is 30.6. The Kier molecular flexibility index (Phi) is 6.85. The summed E-state index contributed by atoms with van der Waals surface area (Å²) in [5.74, 6) is -0.160. The molecule has 7 nitrogen and oxygen atoms in total. The Hall–Kier alpha value is -4.22. The van der Waals surface area contributed by atoms with E-state index in [-0.39, 0.29) is 23.1 Å². The first-order chi connectivity index (χ1) is 16.5. The molecule has 4 aromatic rings. The van der Waals surface area contributed by atoms with E-state index in [4.69, 9.17) is 4.74 Å². The summed E-state index contributed by atoms with van der Waals surface area (Å²) in [6, 6.07) is 23.1. The minimum Gasteiger partial charge on any atom is -0.438 e. The number of fused-ring (bicyclic) bond motifs is 1. The van der Waals surface area contributed by atoms with Gasteiger partial charge in [0.15, 0.2) is 0 Å². The summed E-state index contributed by atoms with van der Waals surface area (Å²) in [6.07, 6.45) is 2.78. The van der Waals surface area contributed by atoms with E-state index in [0.29, 0.717) is 11.4 Å². The molecule has 0 saturated carbocycles. The third-order valence-electron chi connectivity index (χ3n) is 5.06. The van der Waals surface area contributed by atoms with E-state index in [1.807, 2.05) is 43.3 Å². The number of rotatable bonds is 6. The monoisotopic (exact) mass is 514 g/mol. The summed E-state index contributed by atoms with van der Waals surface area (Å²) < 4.78 is 8.09. The van der Waals surface area contributed by atoms with Crippen LogP contribution in [-0.2, 0) is 4.79 Å². The SMILES string of the molecule is CC(NC(=O)C(C#N)=Cc1c(Oc2ccc(Br)cc2)nc2ccccn2c1=O)c1ccccc1. The molecule has 0 fully saturated rings. The standard InChI is InChI=1S/C26H19BrN4O3/c1-17(18-7-3-2-4-8-18)29-24(32)19(16-28)15-22-25(34-21-12-10-20(27)11-13-21)30-23-9-5-6-14-31(23)26(22)33/h2-15,17H,1H3,(H,29,32). The Labute approximate surface area is 204 Å². The number of ether oxygens (including phenoxy) is 1. The molecule has 2 aromatic carbocycles. The normalized spacial score (nSPS) is 12.1. The van der Waals surface area contributed by atoms with Gasteiger partial charge in [0.25, 0.3) is 11.5 Å². The first-order valence-electron chi connectivity index (χ1n) is 10.4. The zero-order valence-electron chi connectivity index (χ0n) is 18.1. The van der Waals surface area contributed by atoms with Crippen LogP contribution in [0, 0.1) is 11.3 Å². The van der Waals surface area contributed by atoms with Crippen molar-refractivity contribution in [3.63, 3.8) is 0 Å². The number of hydrogen-bond donors (Lipinski definition) is 1. The number of benzene rings is 2. The van der Waals surface area contributed by atoms with Crippen molar-refractivity contribution in [3.05, 3.63) is 111 Å². The molecular formula is C26H19BrN4O3. The van der Waals surface area contributed by atoms with E-state index in [0.717, 1.165) is 10.0 Å². The van der Waals surface area contributed by atoms with Gasteiger partial charge in [0, 0.05) is 10.7 Å². The smallest absolute Gasteiger partial charge is 0.269 e. The lowest BCUT2D eigenvalue weighted by Gasteiger charge is -2.14. The Balaban J connectivity index is 1.75. The van der Waals surface area contributed by atoms with Gasteiger partial charge in [-0.2, -0.15) is 10.2 Å². The van der Waals surface area contributed by atoms with Crippen LogP contribution in [0.3, 0.4) is 0 Å². The predicted molar refractivity (Wildman–Crippen MR) is 132 cm³/mol. The zero-order chi connectivity index (χ0) is 24.1. The Morgan fingerprint density at radius 1 is 1.12 bits per heavy atom. The van der Waals surface area contributed by atoms with Crippen molar-refractivity contribution in [3.8, 4) is 17.7 Å². The summed E-state index contributed by atoms with van der Waals surface area (Å²) in [7, 11) is 0. The average molecular weight is 515 g/mol. The second-order valence-electron chi connectivity index (χ2n) is 7.40. The second-order valence-corrected chi connectivity index (χ2v) is 8.31. The van der Waals surface area contributed by atoms with Crippen LogP contribution >= 0.6 is 15.9 Å². The number of nitrogens with zero attached hydrogens (tertiary/aromatic N) is 3. The van der Waals surface area contributed by atoms with Gasteiger partial charge in [-0.15, -0.1) is 0 Å². The van der Waals surface area contributed by atoms with Crippen molar-refractivity contribution in [2.75, 3.05) is 0 Å². The third kappa shape index (κ3) is 5.05. The van der Waals surface area contributed by atoms with Crippen molar-refractivity contribution in [2.45, 2.75) is 13.0 Å². The summed E-state index contributed by atoms with van der Waals surface area (Å²) in [5.41, 5.74) is 0.551. The highest BCUT2D eigenvalue weighted by atomic mass is 79.9. The van der Waals surface area contributed by atoms with Crippen molar-refractivity contribution < 1.29 is 9.53 Å². The quantitative estimate of drug-likeness (QED) is 0.287. The molecule has 1 N–H and O–H groups in total. The first-order valence-corrected chi connectivity index (χ1v) is 11.2. The van der Waals surface area contributed by atoms with Gasteiger partial charge in [-0.05, 0) is 55.0 Å². The van der Waals surface area contributed by atoms with Gasteiger partial charge < -0.3 is 10.1 Å². The molecule has 1 amide bonds. The highest BCUT2D eigenvalue weighted by molar-refractivity contribution is 9.10. The third-order valence-corrected chi connectivity index (χ3v) is 5.59. The molecular weight excluding hydrogens is 496 g/mol. The van der Waals surface area contributed by atoms with E-state index in [2.05, 4.69) is 26.2 Å². The molecule has 0 aliphatic rings. The molecule has 0 aliphatic heterocycles. The van der Waals surface area contributed by atoms with Gasteiger partial charge in [0.1, 0.15) is 28.6 Å². The lowest BCUT2D eigenvalue weighted by atomic mass is 10.1. The Bertz CT molecular complexity index is 1470. The maximum Gasteiger partial charge on any atom is 0.269 e. The predicted octanol–water partition coefficient (Wildman–Crippen LogP) is 5.03. The number of aromatic nitrogens is 2. The fraction of sp³-hybridized carbons (Fsp3) is 0.0769. The molecule has 34 heavy (non-hydrogen) atoms. The minimum atomic E-state index is -0.606. The number of pyridine rings is 1. The largest absolute Gasteiger partial charge is 0.438 e. The topological polar surface area (TPSA) is 96.5 Å². The number of hydrogen-bond acceptors (Lipinski definition) is 5. The van der Waals surface area contributed by atoms with Gasteiger partial charge in [-0.25, -0.2) is 0 Å². The Morgan fingerprint density at radius 3 is 2.53 bits per heavy atom. The molecule has 0 bridgehead atoms. The van der Waals surface area contributed by atoms with Crippen LogP contribution in [0.25, 0.3) is 11.7 Å². The second kappa shape index (κ2) is 10.1. The maximum absolute atomic E-state index is 13.3. The number of nitrogens with one attached hydrogen (secondary N) is 1. The lowest BCUT2D eigenvalue weighted by Crippen LogP contribution is -2.28. The highest BCUT2D eigenvalue weighted by Crippen LogP contribution is 2.25. The van der Waals surface area contributed by atoms with E-state index >= 15 is 0 Å². The van der Waals surface area contributed by atoms with Crippen LogP contribution in [0.15, 0.2) is 93.8 Å². The molecule has 1 unspecified atom stereocenters. The van der Waals surface area contributed by atoms with Crippen LogP contribution in [0.2, 0.25) is 0 Å². The molecule has 4 rings (SSSR count). The van der Waals surface area contributed by atoms with Crippen molar-refractivity contribution in [2.24, 2.45) is 0 Å². The van der Waals surface area contributed by atoms with Crippen LogP contribution in [0.1, 0.15) is 24.1 Å². The fourth-order valence-electron chi connectivity index (χ4n) is 3.29. The van der Waals surface area contributed by atoms with Gasteiger partial charge in [-0.1, -0.05) is 52.3 Å². The van der Waals surface area contributed by atoms with E-state index < -0.39 is 11.5 Å². The summed E-state index contributed by atoms with van der Waals surface area (Å²) in [5, 5.41) is 12.5. The van der Waals surface area contributed by atoms with Gasteiger partial charge >= 0.3 is 0 Å². The van der Waals surface area contributed by atoms with Crippen LogP contribution in [0.5, 0.6) is 11.6 Å². The number of nitriles is 1. The molecule has 0 spiro atoms. The maximum atomic E-state index is 13.3. The van der Waals surface area contributed by atoms with Gasteiger partial charge in [-0.3, -0.25) is 14.0 Å². The lowest BCUT2D eigenvalue weighted by molar-refractivity contribution is -0.117. The van der Waals surface area contributed by atoms with Gasteiger partial charge in [0.05, 0.1) is 6.04 Å². The van der Waals surface area contributed by atoms with Crippen molar-refractivity contribution in [1.82, 2.24) is 14.7 Å². The number of halogens is 1. The number of carbonyl (C=O) groups is 1. The molecule has 2 heterocycles. The average Bonchev–Trinajstić information content (AvgIpc) is 2.86. The van der Waals surface area contributed by atoms with Crippen LogP contribution in [-0.4, -0.2) is 15.3 Å². The molecule has 0 aliphatic carbocycles. The molecule has 0 saturated heterocycles. The van der Waals surface area contributed by atoms with E-state index in [1.54, 1.807) is 48.7 Å². The van der Waals surface area contributed by atoms with Crippen LogP contribution < -0.4 is 15.6 Å². The first kappa shape index (κ1) is 23.0. The molecule has 0 radical (unpaired) electrons. The fourth-order valence-corrected chi connectivity index (χ4v) is 3.55. The highest BCUT2D eigenvalue weighted by Gasteiger charge is 2.19. The van der Waals surface area contributed by atoms with E-state index in [9.17, 15) is 14.9 Å². The Morgan fingerprint density at radius 2 is 1.82 bits per heavy atom. The van der Waals surface area contributed by atoms with Crippen molar-refractivity contribution in [1.29, 1.82) is 5.26 Å². The van der Waals surface area contributed by atoms with E-state index in [1.165, 1.54) is 10.5 Å². The minimum absolute atomic E-state index is 0.00446. The van der Waals surface area contributed by atoms with Crippen LogP contribution in [0.4, 0.5) is 0 Å². The van der Waals surface area contributed by atoms with Gasteiger partial charge in [0.2, 0.25) is 5.88 Å². The molecule has 8 heteroatoms. The molecule has 2 aromatic heterocycles. The number of amides is 1.